The van der Waals surface area contributed by atoms with Crippen LogP contribution in [-0.4, -0.2) is 11.2 Å². The van der Waals surface area contributed by atoms with Crippen LogP contribution in [0.25, 0.3) is 0 Å². The van der Waals surface area contributed by atoms with E-state index in [0.717, 1.165) is 12.3 Å². The zero-order chi connectivity index (χ0) is 13.0. The first-order valence-corrected chi connectivity index (χ1v) is 5.80. The van der Waals surface area contributed by atoms with Crippen molar-refractivity contribution >= 4 is 22.7 Å². The Morgan fingerprint density at radius 1 is 1.28 bits per heavy atom. The highest BCUT2D eigenvalue weighted by molar-refractivity contribution is 7.13. The van der Waals surface area contributed by atoms with Gasteiger partial charge in [-0.1, -0.05) is 18.2 Å². The number of hydrazone groups is 1. The summed E-state index contributed by atoms with van der Waals surface area (Å²) in [6.45, 7) is 0. The second-order valence-corrected chi connectivity index (χ2v) is 4.19. The highest BCUT2D eigenvalue weighted by Crippen LogP contribution is 2.31. The minimum absolute atomic E-state index is 0.00839. The maximum Gasteiger partial charge on any atom is 0.417 e. The number of benzene rings is 1. The fourth-order valence-corrected chi connectivity index (χ4v) is 1.78. The second kappa shape index (κ2) is 5.18. The first-order valence-electron chi connectivity index (χ1n) is 4.92. The van der Waals surface area contributed by atoms with Gasteiger partial charge in [-0.2, -0.15) is 18.3 Å². The molecule has 3 nitrogen and oxygen atoms in total. The lowest BCUT2D eigenvalue weighted by Crippen LogP contribution is -2.08. The summed E-state index contributed by atoms with van der Waals surface area (Å²) in [5.74, 6) is 0. The number of hydrogen-bond donors (Lipinski definition) is 1. The van der Waals surface area contributed by atoms with Gasteiger partial charge in [-0.05, 0) is 6.07 Å². The van der Waals surface area contributed by atoms with Crippen LogP contribution in [0.5, 0.6) is 0 Å². The fourth-order valence-electron chi connectivity index (χ4n) is 1.30. The molecule has 0 spiro atoms. The molecular formula is C11H8F3N3S. The molecular weight excluding hydrogens is 263 g/mol. The van der Waals surface area contributed by atoms with Crippen molar-refractivity contribution in [3.8, 4) is 0 Å². The van der Waals surface area contributed by atoms with Crippen LogP contribution in [0, 0.1) is 0 Å². The number of nitrogens with zero attached hydrogens (tertiary/aromatic N) is 2. The maximum atomic E-state index is 12.7. The van der Waals surface area contributed by atoms with Crippen LogP contribution < -0.4 is 5.43 Å². The van der Waals surface area contributed by atoms with Crippen LogP contribution in [0.4, 0.5) is 18.3 Å². The number of rotatable bonds is 3. The second-order valence-electron chi connectivity index (χ2n) is 3.29. The third kappa shape index (κ3) is 3.07. The lowest BCUT2D eigenvalue weighted by Gasteiger charge is -2.08. The number of thiazole rings is 1. The van der Waals surface area contributed by atoms with Crippen LogP contribution >= 0.6 is 11.3 Å². The van der Waals surface area contributed by atoms with Crippen molar-refractivity contribution in [1.29, 1.82) is 0 Å². The number of alkyl halides is 3. The van der Waals surface area contributed by atoms with Gasteiger partial charge < -0.3 is 0 Å². The van der Waals surface area contributed by atoms with Crippen LogP contribution in [0.15, 0.2) is 40.9 Å². The minimum Gasteiger partial charge on any atom is -0.253 e. The molecule has 0 atom stereocenters. The molecule has 0 aliphatic carbocycles. The molecule has 2 rings (SSSR count). The quantitative estimate of drug-likeness (QED) is 0.684. The standard InChI is InChI=1S/C11H8F3N3S/c12-11(13,14)9-4-2-1-3-8(9)7-16-17-10-15-5-6-18-10/h1-7H,(H,15,17). The molecule has 1 N–H and O–H groups in total. The Labute approximate surface area is 105 Å². The van der Waals surface area contributed by atoms with Crippen molar-refractivity contribution in [1.82, 2.24) is 4.98 Å². The summed E-state index contributed by atoms with van der Waals surface area (Å²) in [5.41, 5.74) is 1.86. The minimum atomic E-state index is -4.39. The Morgan fingerprint density at radius 3 is 2.72 bits per heavy atom. The van der Waals surface area contributed by atoms with E-state index in [4.69, 9.17) is 0 Å². The van der Waals surface area contributed by atoms with Crippen LogP contribution in [0.3, 0.4) is 0 Å². The molecule has 0 fully saturated rings. The summed E-state index contributed by atoms with van der Waals surface area (Å²) in [6, 6.07) is 5.25. The lowest BCUT2D eigenvalue weighted by molar-refractivity contribution is -0.137. The Morgan fingerprint density at radius 2 is 2.06 bits per heavy atom. The van der Waals surface area contributed by atoms with Crippen molar-refractivity contribution in [3.05, 3.63) is 47.0 Å². The fraction of sp³-hybridized carbons (Fsp3) is 0.0909. The number of aromatic nitrogens is 1. The molecule has 1 heterocycles. The maximum absolute atomic E-state index is 12.7. The predicted octanol–water partition coefficient (Wildman–Crippen LogP) is 3.61. The van der Waals surface area contributed by atoms with Gasteiger partial charge in [0, 0.05) is 17.1 Å². The zero-order valence-corrected chi connectivity index (χ0v) is 9.79. The van der Waals surface area contributed by atoms with Crippen molar-refractivity contribution < 1.29 is 13.2 Å². The van der Waals surface area contributed by atoms with Crippen molar-refractivity contribution in [2.24, 2.45) is 5.10 Å². The molecule has 0 aliphatic rings. The van der Waals surface area contributed by atoms with Gasteiger partial charge >= 0.3 is 6.18 Å². The van der Waals surface area contributed by atoms with Gasteiger partial charge in [0.2, 0.25) is 5.13 Å². The Kier molecular flexibility index (Phi) is 3.61. The van der Waals surface area contributed by atoms with Gasteiger partial charge in [0.15, 0.2) is 0 Å². The van der Waals surface area contributed by atoms with Crippen molar-refractivity contribution in [2.75, 3.05) is 5.43 Å². The molecule has 0 amide bonds. The molecule has 94 valence electrons. The zero-order valence-electron chi connectivity index (χ0n) is 8.98. The van der Waals surface area contributed by atoms with E-state index in [1.54, 1.807) is 11.6 Å². The molecule has 7 heteroatoms. The third-order valence-corrected chi connectivity index (χ3v) is 2.74. The molecule has 0 radical (unpaired) electrons. The molecule has 18 heavy (non-hydrogen) atoms. The van der Waals surface area contributed by atoms with E-state index in [2.05, 4.69) is 15.5 Å². The smallest absolute Gasteiger partial charge is 0.253 e. The van der Waals surface area contributed by atoms with E-state index >= 15 is 0 Å². The van der Waals surface area contributed by atoms with E-state index in [1.165, 1.54) is 29.5 Å². The normalized spacial score (nSPS) is 11.9. The summed E-state index contributed by atoms with van der Waals surface area (Å²) in [5, 5.41) is 5.99. The highest BCUT2D eigenvalue weighted by atomic mass is 32.1. The number of nitrogens with one attached hydrogen (secondary N) is 1. The number of anilines is 1. The summed E-state index contributed by atoms with van der Waals surface area (Å²) in [4.78, 5) is 3.89. The summed E-state index contributed by atoms with van der Waals surface area (Å²) in [6.07, 6.45) is -1.68. The van der Waals surface area contributed by atoms with Gasteiger partial charge in [-0.15, -0.1) is 11.3 Å². The van der Waals surface area contributed by atoms with Crippen LogP contribution in [0.2, 0.25) is 0 Å². The van der Waals surface area contributed by atoms with E-state index < -0.39 is 11.7 Å². The monoisotopic (exact) mass is 271 g/mol. The molecule has 2 aromatic rings. The van der Waals surface area contributed by atoms with Gasteiger partial charge in [-0.3, -0.25) is 5.43 Å². The topological polar surface area (TPSA) is 37.3 Å². The summed E-state index contributed by atoms with van der Waals surface area (Å²) in [7, 11) is 0. The summed E-state index contributed by atoms with van der Waals surface area (Å²) >= 11 is 1.31. The number of halogens is 3. The molecule has 0 saturated heterocycles. The highest BCUT2D eigenvalue weighted by Gasteiger charge is 2.32. The van der Waals surface area contributed by atoms with E-state index in [-0.39, 0.29) is 5.56 Å². The SMILES string of the molecule is FC(F)(F)c1ccccc1C=NNc1nccs1. The molecule has 0 bridgehead atoms. The average molecular weight is 271 g/mol. The first-order chi connectivity index (χ1) is 8.57. The third-order valence-electron chi connectivity index (χ3n) is 2.06. The first kappa shape index (κ1) is 12.6. The Hall–Kier alpha value is -1.89. The number of hydrogen-bond acceptors (Lipinski definition) is 4. The lowest BCUT2D eigenvalue weighted by atomic mass is 10.1. The largest absolute Gasteiger partial charge is 0.417 e. The van der Waals surface area contributed by atoms with E-state index in [0.29, 0.717) is 5.13 Å². The van der Waals surface area contributed by atoms with Gasteiger partial charge in [0.05, 0.1) is 11.8 Å². The predicted molar refractivity (Wildman–Crippen MR) is 64.8 cm³/mol. The van der Waals surface area contributed by atoms with Gasteiger partial charge in [0.25, 0.3) is 0 Å². The average Bonchev–Trinajstić information content (AvgIpc) is 2.81. The van der Waals surface area contributed by atoms with Crippen molar-refractivity contribution in [3.63, 3.8) is 0 Å². The molecule has 1 aromatic carbocycles. The summed E-state index contributed by atoms with van der Waals surface area (Å²) < 4.78 is 38.0. The molecule has 0 aliphatic heterocycles. The van der Waals surface area contributed by atoms with Crippen LogP contribution in [-0.2, 0) is 6.18 Å². The Bertz CT molecular complexity index is 535. The van der Waals surface area contributed by atoms with Crippen molar-refractivity contribution in [2.45, 2.75) is 6.18 Å². The van der Waals surface area contributed by atoms with E-state index in [9.17, 15) is 13.2 Å². The molecule has 0 unspecified atom stereocenters. The Balaban J connectivity index is 2.16. The molecule has 0 saturated carbocycles. The van der Waals surface area contributed by atoms with Gasteiger partial charge in [0.1, 0.15) is 0 Å². The van der Waals surface area contributed by atoms with Gasteiger partial charge in [-0.25, -0.2) is 4.98 Å². The molecule has 1 aromatic heterocycles. The van der Waals surface area contributed by atoms with E-state index in [1.807, 2.05) is 0 Å². The van der Waals surface area contributed by atoms with Crippen LogP contribution in [0.1, 0.15) is 11.1 Å².